The summed E-state index contributed by atoms with van der Waals surface area (Å²) < 4.78 is 6.47. The molecule has 0 spiro atoms. The van der Waals surface area contributed by atoms with Crippen LogP contribution in [-0.4, -0.2) is 54.0 Å². The van der Waals surface area contributed by atoms with E-state index in [2.05, 4.69) is 54.4 Å². The molecule has 0 amide bonds. The van der Waals surface area contributed by atoms with Crippen molar-refractivity contribution in [2.75, 3.05) is 0 Å². The van der Waals surface area contributed by atoms with E-state index < -0.39 is 0 Å². The van der Waals surface area contributed by atoms with Gasteiger partial charge >= 0.3 is 0 Å². The summed E-state index contributed by atoms with van der Waals surface area (Å²) >= 11 is 3.64. The Morgan fingerprint density at radius 2 is 0.395 bits per heavy atom. The normalized spacial score (nSPS) is 53.7. The second-order valence-corrected chi connectivity index (χ2v) is 15.6. The van der Waals surface area contributed by atoms with Gasteiger partial charge in [-0.15, -0.1) is 0 Å². The van der Waals surface area contributed by atoms with Crippen molar-refractivity contribution >= 4 is 11.9 Å². The molecule has 0 aromatic carbocycles. The number of hydrogen-bond donors (Lipinski definition) is 9. The van der Waals surface area contributed by atoms with Gasteiger partial charge in [-0.25, -0.2) is 0 Å². The van der Waals surface area contributed by atoms with Gasteiger partial charge in [-0.2, -0.15) is 0 Å². The van der Waals surface area contributed by atoms with Crippen LogP contribution in [0.15, 0.2) is 0 Å². The summed E-state index contributed by atoms with van der Waals surface area (Å²) in [6.45, 7) is 0. The van der Waals surface area contributed by atoms with Crippen LogP contribution in [0.2, 0.25) is 0 Å². The molecule has 0 aromatic rings. The average Bonchev–Trinajstić information content (AvgIpc) is 3.78. The number of fused-ring (bicyclic) bond motifs is 20. The van der Waals surface area contributed by atoms with Gasteiger partial charge in [0.25, 0.3) is 0 Å². The number of rotatable bonds is 0. The standard InChI is InChI=1S/C32H56N8.ClHO.Ti/c1-2-10-18-17(9-1)25-33-26(18)38-28-21-13-5-6-14-22(21)30(35-28)40-32-24-16-8-7-15-23(24)31(36-32)39-29-20-12-4-3-11-19(20)27(34-29)37-25;1-2;/h17-40H,1-16H2;2H;. The van der Waals surface area contributed by atoms with Gasteiger partial charge in [0, 0.05) is 21.7 Å². The maximum atomic E-state index is 6.47. The van der Waals surface area contributed by atoms with Crippen molar-refractivity contribution in [1.82, 2.24) is 42.5 Å². The fraction of sp³-hybridized carbons (Fsp3) is 1.00. The van der Waals surface area contributed by atoms with Gasteiger partial charge in [-0.1, -0.05) is 51.4 Å². The zero-order valence-electron chi connectivity index (χ0n) is 25.9. The zero-order valence-corrected chi connectivity index (χ0v) is 28.2. The predicted octanol–water partition coefficient (Wildman–Crippen LogP) is 2.74. The smallest absolute Gasteiger partial charge is 0.0628 e. The van der Waals surface area contributed by atoms with Crippen molar-refractivity contribution in [2.45, 2.75) is 152 Å². The van der Waals surface area contributed by atoms with Crippen LogP contribution in [0.4, 0.5) is 0 Å². The molecule has 4 aliphatic carbocycles. The SMILES string of the molecule is C1CCC2C3NC(NC4NC(NC5NC(NC6NC(N3)C3CCCCC63)C3CCCCC53)C3CCCCC43)C2C1.OCl.[Ti]. The molecule has 9 fully saturated rings. The molecule has 4 saturated carbocycles. The van der Waals surface area contributed by atoms with Crippen LogP contribution in [0.5, 0.6) is 0 Å². The molecule has 8 atom stereocenters. The van der Waals surface area contributed by atoms with Crippen LogP contribution in [0, 0.1) is 47.3 Å². The van der Waals surface area contributed by atoms with E-state index in [1.54, 1.807) is 0 Å². The van der Waals surface area contributed by atoms with Crippen molar-refractivity contribution in [2.24, 2.45) is 47.3 Å². The van der Waals surface area contributed by atoms with Crippen LogP contribution >= 0.6 is 11.9 Å². The molecule has 9 aliphatic rings. The average molecular weight is 653 g/mol. The third-order valence-electron chi connectivity index (χ3n) is 13.8. The van der Waals surface area contributed by atoms with Crippen molar-refractivity contribution in [1.29, 1.82) is 0 Å². The van der Waals surface area contributed by atoms with E-state index in [4.69, 9.17) is 4.66 Å². The number of hydrogen-bond acceptors (Lipinski definition) is 9. The molecule has 43 heavy (non-hydrogen) atoms. The number of halogens is 1. The van der Waals surface area contributed by atoms with Gasteiger partial charge in [0.2, 0.25) is 0 Å². The Kier molecular flexibility index (Phi) is 10.5. The summed E-state index contributed by atoms with van der Waals surface area (Å²) in [7, 11) is 0. The molecule has 5 aliphatic heterocycles. The minimum Gasteiger partial charge on any atom is -0.295 e. The van der Waals surface area contributed by atoms with Gasteiger partial charge in [0.05, 0.1) is 61.2 Å². The maximum Gasteiger partial charge on any atom is 0.0628 e. The Morgan fingerprint density at radius 1 is 0.279 bits per heavy atom. The summed E-state index contributed by atoms with van der Waals surface area (Å²) in [5.74, 6) is 5.97. The molecule has 5 heterocycles. The van der Waals surface area contributed by atoms with E-state index in [0.29, 0.717) is 49.3 Å². The summed E-state index contributed by atoms with van der Waals surface area (Å²) in [6.07, 6.45) is 25.6. The molecule has 0 aromatic heterocycles. The third-order valence-corrected chi connectivity index (χ3v) is 13.8. The Bertz CT molecular complexity index is 730. The second kappa shape index (κ2) is 14.0. The Labute approximate surface area is 279 Å². The van der Waals surface area contributed by atoms with Gasteiger partial charge in [-0.05, 0) is 98.7 Å². The molecule has 242 valence electrons. The first-order valence-corrected chi connectivity index (χ1v) is 18.4. The van der Waals surface area contributed by atoms with E-state index in [1.165, 1.54) is 103 Å². The Hall–Kier alpha value is 0.644. The first-order chi connectivity index (χ1) is 20.8. The molecule has 9 rings (SSSR count). The first kappa shape index (κ1) is 32.2. The van der Waals surface area contributed by atoms with Gasteiger partial charge < -0.3 is 0 Å². The van der Waals surface area contributed by atoms with E-state index in [-0.39, 0.29) is 21.7 Å². The minimum atomic E-state index is 0. The van der Waals surface area contributed by atoms with Crippen LogP contribution < -0.4 is 42.5 Å². The monoisotopic (exact) mass is 652 g/mol. The van der Waals surface area contributed by atoms with Gasteiger partial charge in [0.1, 0.15) is 0 Å². The molecule has 5 saturated heterocycles. The quantitative estimate of drug-likeness (QED) is 0.182. The van der Waals surface area contributed by atoms with Crippen LogP contribution in [0.3, 0.4) is 0 Å². The number of nitrogens with one attached hydrogen (secondary N) is 8. The van der Waals surface area contributed by atoms with Crippen molar-refractivity contribution in [3.8, 4) is 0 Å². The fourth-order valence-electron chi connectivity index (χ4n) is 12.0. The molecular weight excluding hydrogens is 596 g/mol. The van der Waals surface area contributed by atoms with Gasteiger partial charge in [-0.3, -0.25) is 47.2 Å². The largest absolute Gasteiger partial charge is 0.295 e. The van der Waals surface area contributed by atoms with Crippen molar-refractivity contribution in [3.63, 3.8) is 0 Å². The van der Waals surface area contributed by atoms with E-state index in [9.17, 15) is 0 Å². The molecule has 11 heteroatoms. The topological polar surface area (TPSA) is 116 Å². The molecule has 9 N–H and O–H groups in total. The molecule has 8 bridgehead atoms. The molecule has 9 nitrogen and oxygen atoms in total. The van der Waals surface area contributed by atoms with Gasteiger partial charge in [0.15, 0.2) is 0 Å². The maximum absolute atomic E-state index is 6.47. The fourth-order valence-corrected chi connectivity index (χ4v) is 12.0. The Morgan fingerprint density at radius 3 is 0.512 bits per heavy atom. The van der Waals surface area contributed by atoms with E-state index in [0.717, 1.165) is 47.3 Å². The predicted molar refractivity (Wildman–Crippen MR) is 165 cm³/mol. The first-order valence-electron chi connectivity index (χ1n) is 18.1. The zero-order chi connectivity index (χ0) is 28.2. The van der Waals surface area contributed by atoms with E-state index in [1.807, 2.05) is 0 Å². The van der Waals surface area contributed by atoms with E-state index >= 15 is 0 Å². The van der Waals surface area contributed by atoms with Crippen LogP contribution in [0.1, 0.15) is 103 Å². The summed E-state index contributed by atoms with van der Waals surface area (Å²) in [4.78, 5) is 0. The summed E-state index contributed by atoms with van der Waals surface area (Å²) in [6, 6.07) is 0. The Balaban J connectivity index is 0.000000981. The molecule has 0 radical (unpaired) electrons. The molecular formula is C32H57ClN8OTi. The third kappa shape index (κ3) is 5.97. The van der Waals surface area contributed by atoms with Crippen molar-refractivity contribution < 1.29 is 26.4 Å². The molecule has 8 unspecified atom stereocenters. The summed E-state index contributed by atoms with van der Waals surface area (Å²) in [5, 5.41) is 33.8. The van der Waals surface area contributed by atoms with Crippen molar-refractivity contribution in [3.05, 3.63) is 0 Å². The summed E-state index contributed by atoms with van der Waals surface area (Å²) in [5.41, 5.74) is 0. The minimum absolute atomic E-state index is 0. The second-order valence-electron chi connectivity index (χ2n) is 15.6. The van der Waals surface area contributed by atoms with Crippen LogP contribution in [-0.2, 0) is 21.7 Å². The van der Waals surface area contributed by atoms with Crippen LogP contribution in [0.25, 0.3) is 0 Å².